The van der Waals surface area contributed by atoms with E-state index < -0.39 is 5.41 Å². The maximum Gasteiger partial charge on any atom is 0.230 e. The lowest BCUT2D eigenvalue weighted by Crippen LogP contribution is -2.42. The van der Waals surface area contributed by atoms with Crippen molar-refractivity contribution in [1.82, 2.24) is 19.9 Å². The van der Waals surface area contributed by atoms with E-state index in [-0.39, 0.29) is 12.5 Å². The van der Waals surface area contributed by atoms with Crippen LogP contribution in [-0.2, 0) is 4.79 Å². The number of carbonyl (C=O) groups excluding carboxylic acids is 1. The Balaban J connectivity index is 1.45. The zero-order valence-corrected chi connectivity index (χ0v) is 15.6. The molecule has 1 saturated carbocycles. The second-order valence-corrected chi connectivity index (χ2v) is 8.45. The van der Waals surface area contributed by atoms with E-state index in [0.29, 0.717) is 17.9 Å². The van der Waals surface area contributed by atoms with Gasteiger partial charge in [0.25, 0.3) is 0 Å². The molecule has 2 unspecified atom stereocenters. The SMILES string of the molecule is CN(c1ncnc2[nH]ccc12)C1CC2CN(C(=O)C(C)(C)CO)C[C@@H]2C1. The van der Waals surface area contributed by atoms with Gasteiger partial charge in [-0.1, -0.05) is 0 Å². The Bertz CT molecular complexity index is 803. The molecular formula is C19H27N5O2. The van der Waals surface area contributed by atoms with Crippen LogP contribution in [0.15, 0.2) is 18.6 Å². The molecule has 2 aromatic heterocycles. The summed E-state index contributed by atoms with van der Waals surface area (Å²) in [5, 5.41) is 10.5. The fraction of sp³-hybridized carbons (Fsp3) is 0.632. The van der Waals surface area contributed by atoms with Gasteiger partial charge in [0.2, 0.25) is 5.91 Å². The molecule has 2 fully saturated rings. The Kier molecular flexibility index (Phi) is 4.14. The van der Waals surface area contributed by atoms with Gasteiger partial charge in [-0.15, -0.1) is 0 Å². The van der Waals surface area contributed by atoms with Crippen molar-refractivity contribution in [2.75, 3.05) is 31.6 Å². The van der Waals surface area contributed by atoms with Gasteiger partial charge in [-0.3, -0.25) is 4.79 Å². The van der Waals surface area contributed by atoms with Gasteiger partial charge in [0.05, 0.1) is 17.4 Å². The van der Waals surface area contributed by atoms with E-state index in [1.165, 1.54) is 0 Å². The number of hydrogen-bond acceptors (Lipinski definition) is 5. The topological polar surface area (TPSA) is 85.4 Å². The average molecular weight is 357 g/mol. The molecule has 3 atom stereocenters. The normalized spacial score (nSPS) is 25.7. The van der Waals surface area contributed by atoms with E-state index >= 15 is 0 Å². The molecule has 2 aromatic rings. The molecule has 2 N–H and O–H groups in total. The third-order valence-electron chi connectivity index (χ3n) is 6.20. The number of amides is 1. The number of fused-ring (bicyclic) bond motifs is 2. The number of aromatic nitrogens is 3. The second-order valence-electron chi connectivity index (χ2n) is 8.45. The van der Waals surface area contributed by atoms with Crippen LogP contribution in [0.3, 0.4) is 0 Å². The highest BCUT2D eigenvalue weighted by atomic mass is 16.3. The van der Waals surface area contributed by atoms with Crippen LogP contribution in [0.2, 0.25) is 0 Å². The number of aliphatic hydroxyl groups excluding tert-OH is 1. The Morgan fingerprint density at radius 1 is 1.35 bits per heavy atom. The summed E-state index contributed by atoms with van der Waals surface area (Å²) in [5.74, 6) is 2.11. The minimum Gasteiger partial charge on any atom is -0.395 e. The number of anilines is 1. The van der Waals surface area contributed by atoms with Gasteiger partial charge in [0.15, 0.2) is 0 Å². The van der Waals surface area contributed by atoms with Crippen molar-refractivity contribution in [1.29, 1.82) is 0 Å². The summed E-state index contributed by atoms with van der Waals surface area (Å²) < 4.78 is 0. The Morgan fingerprint density at radius 3 is 2.69 bits per heavy atom. The largest absolute Gasteiger partial charge is 0.395 e. The summed E-state index contributed by atoms with van der Waals surface area (Å²) in [6.07, 6.45) is 5.64. The van der Waals surface area contributed by atoms with Gasteiger partial charge < -0.3 is 19.9 Å². The van der Waals surface area contributed by atoms with Crippen LogP contribution >= 0.6 is 0 Å². The number of aliphatic hydroxyl groups is 1. The molecule has 0 bridgehead atoms. The van der Waals surface area contributed by atoms with Crippen molar-refractivity contribution < 1.29 is 9.90 Å². The predicted octanol–water partition coefficient (Wildman–Crippen LogP) is 1.65. The molecule has 1 amide bonds. The first-order valence-electron chi connectivity index (χ1n) is 9.32. The van der Waals surface area contributed by atoms with E-state index in [1.807, 2.05) is 31.0 Å². The summed E-state index contributed by atoms with van der Waals surface area (Å²) in [7, 11) is 2.11. The van der Waals surface area contributed by atoms with E-state index in [2.05, 4.69) is 26.9 Å². The van der Waals surface area contributed by atoms with Crippen molar-refractivity contribution >= 4 is 22.8 Å². The molecule has 0 radical (unpaired) electrons. The quantitative estimate of drug-likeness (QED) is 0.869. The van der Waals surface area contributed by atoms with E-state index in [9.17, 15) is 9.90 Å². The molecule has 0 spiro atoms. The molecule has 3 heterocycles. The standard InChI is InChI=1S/C19H27N5O2/c1-19(2,10-25)18(26)24-8-12-6-14(7-13(12)9-24)23(3)17-15-4-5-20-16(15)21-11-22-17/h4-5,11-14,25H,6-10H2,1-3H3,(H,20,21,22)/t12-,13?,14?/m0/s1. The number of nitrogens with zero attached hydrogens (tertiary/aromatic N) is 4. The maximum absolute atomic E-state index is 12.6. The summed E-state index contributed by atoms with van der Waals surface area (Å²) >= 11 is 0. The Morgan fingerprint density at radius 2 is 2.04 bits per heavy atom. The highest BCUT2D eigenvalue weighted by molar-refractivity contribution is 5.87. The Labute approximate surface area is 153 Å². The van der Waals surface area contributed by atoms with E-state index in [1.54, 1.807) is 6.33 Å². The predicted molar refractivity (Wildman–Crippen MR) is 99.7 cm³/mol. The van der Waals surface area contributed by atoms with E-state index in [4.69, 9.17) is 0 Å². The van der Waals surface area contributed by atoms with Gasteiger partial charge in [0.1, 0.15) is 17.8 Å². The fourth-order valence-corrected chi connectivity index (χ4v) is 4.56. The number of likely N-dealkylation sites (tertiary alicyclic amines) is 1. The third kappa shape index (κ3) is 2.74. The summed E-state index contributed by atoms with van der Waals surface area (Å²) in [5.41, 5.74) is 0.179. The van der Waals surface area contributed by atoms with E-state index in [0.717, 1.165) is 42.8 Å². The number of hydrogen-bond donors (Lipinski definition) is 2. The van der Waals surface area contributed by atoms with Crippen LogP contribution in [0.25, 0.3) is 11.0 Å². The smallest absolute Gasteiger partial charge is 0.230 e. The number of carbonyl (C=O) groups is 1. The van der Waals surface area contributed by atoms with Crippen molar-refractivity contribution in [3.05, 3.63) is 18.6 Å². The van der Waals surface area contributed by atoms with Crippen LogP contribution in [0.4, 0.5) is 5.82 Å². The van der Waals surface area contributed by atoms with Crippen LogP contribution in [-0.4, -0.2) is 63.7 Å². The summed E-state index contributed by atoms with van der Waals surface area (Å²) in [4.78, 5) is 28.8. The molecule has 7 heteroatoms. The van der Waals surface area contributed by atoms with Gasteiger partial charge >= 0.3 is 0 Å². The first-order chi connectivity index (χ1) is 12.4. The first-order valence-corrected chi connectivity index (χ1v) is 9.32. The zero-order valence-electron chi connectivity index (χ0n) is 15.6. The molecule has 2 aliphatic rings. The molecular weight excluding hydrogens is 330 g/mol. The summed E-state index contributed by atoms with van der Waals surface area (Å²) in [6, 6.07) is 2.45. The van der Waals surface area contributed by atoms with Crippen LogP contribution in [0.5, 0.6) is 0 Å². The van der Waals surface area contributed by atoms with Gasteiger partial charge in [-0.2, -0.15) is 0 Å². The average Bonchev–Trinajstić information content (AvgIpc) is 3.33. The van der Waals surface area contributed by atoms with Crippen LogP contribution in [0.1, 0.15) is 26.7 Å². The van der Waals surface area contributed by atoms with Gasteiger partial charge in [-0.05, 0) is 44.6 Å². The molecule has 7 nitrogen and oxygen atoms in total. The lowest BCUT2D eigenvalue weighted by Gasteiger charge is -2.30. The zero-order chi connectivity index (χ0) is 18.5. The molecule has 0 aromatic carbocycles. The number of nitrogens with one attached hydrogen (secondary N) is 1. The first kappa shape index (κ1) is 17.3. The molecule has 1 aliphatic heterocycles. The second kappa shape index (κ2) is 6.23. The minimum absolute atomic E-state index is 0.0733. The number of H-pyrrole nitrogens is 1. The molecule has 1 aliphatic carbocycles. The van der Waals surface area contributed by atoms with Crippen molar-refractivity contribution in [2.24, 2.45) is 17.3 Å². The van der Waals surface area contributed by atoms with Gasteiger partial charge in [0, 0.05) is 32.4 Å². The van der Waals surface area contributed by atoms with Gasteiger partial charge in [-0.25, -0.2) is 9.97 Å². The van der Waals surface area contributed by atoms with Crippen molar-refractivity contribution in [2.45, 2.75) is 32.7 Å². The lowest BCUT2D eigenvalue weighted by atomic mass is 9.93. The minimum atomic E-state index is -0.685. The monoisotopic (exact) mass is 357 g/mol. The summed E-state index contributed by atoms with van der Waals surface area (Å²) in [6.45, 7) is 5.14. The van der Waals surface area contributed by atoms with Crippen LogP contribution in [0, 0.1) is 17.3 Å². The fourth-order valence-electron chi connectivity index (χ4n) is 4.56. The highest BCUT2D eigenvalue weighted by Gasteiger charge is 2.46. The molecule has 140 valence electrons. The molecule has 1 saturated heterocycles. The number of aromatic amines is 1. The lowest BCUT2D eigenvalue weighted by molar-refractivity contribution is -0.141. The van der Waals surface area contributed by atoms with Crippen molar-refractivity contribution in [3.8, 4) is 0 Å². The molecule has 26 heavy (non-hydrogen) atoms. The van der Waals surface area contributed by atoms with Crippen molar-refractivity contribution in [3.63, 3.8) is 0 Å². The highest BCUT2D eigenvalue weighted by Crippen LogP contribution is 2.42. The third-order valence-corrected chi connectivity index (χ3v) is 6.20. The Hall–Kier alpha value is -2.15. The maximum atomic E-state index is 12.6. The molecule has 4 rings (SSSR count). The number of rotatable bonds is 4. The van der Waals surface area contributed by atoms with Crippen LogP contribution < -0.4 is 4.90 Å².